The predicted molar refractivity (Wildman–Crippen MR) is 87.1 cm³/mol. The quantitative estimate of drug-likeness (QED) is 0.411. The third-order valence-corrected chi connectivity index (χ3v) is 3.97. The van der Waals surface area contributed by atoms with E-state index in [0.717, 1.165) is 5.56 Å². The minimum absolute atomic E-state index is 0.282. The van der Waals surface area contributed by atoms with Crippen LogP contribution in [0.15, 0.2) is 24.3 Å². The summed E-state index contributed by atoms with van der Waals surface area (Å²) in [5.74, 6) is -4.41. The van der Waals surface area contributed by atoms with Gasteiger partial charge in [-0.3, -0.25) is 0 Å². The average molecular weight is 399 g/mol. The zero-order valence-electron chi connectivity index (χ0n) is 14.7. The average Bonchev–Trinajstić information content (AvgIpc) is 2.56. The van der Waals surface area contributed by atoms with Crippen molar-refractivity contribution in [1.29, 1.82) is 0 Å². The second-order valence-electron chi connectivity index (χ2n) is 6.45. The molecule has 0 aliphatic heterocycles. The topological polar surface area (TPSA) is 78.8 Å². The first-order valence-corrected chi connectivity index (χ1v) is 8.17. The van der Waals surface area contributed by atoms with Crippen LogP contribution in [0.5, 0.6) is 5.75 Å². The summed E-state index contributed by atoms with van der Waals surface area (Å²) in [5, 5.41) is 20.3. The summed E-state index contributed by atoms with van der Waals surface area (Å²) in [4.78, 5) is 10.7. The molecule has 0 unspecified atom stereocenters. The first-order chi connectivity index (χ1) is 12.4. The molecule has 0 saturated heterocycles. The number of nitrogens with one attached hydrogen (secondary N) is 1. The van der Waals surface area contributed by atoms with Crippen LogP contribution in [0.3, 0.4) is 0 Å². The van der Waals surface area contributed by atoms with Gasteiger partial charge >= 0.3 is 18.2 Å². The van der Waals surface area contributed by atoms with Gasteiger partial charge in [0.15, 0.2) is 0 Å². The van der Waals surface area contributed by atoms with Crippen LogP contribution in [-0.4, -0.2) is 47.2 Å². The summed E-state index contributed by atoms with van der Waals surface area (Å²) in [5.41, 5.74) is -0.178. The van der Waals surface area contributed by atoms with Crippen molar-refractivity contribution in [3.63, 3.8) is 0 Å². The number of rotatable bonds is 10. The normalized spacial score (nSPS) is 14.5. The van der Waals surface area contributed by atoms with Gasteiger partial charge in [-0.05, 0) is 43.9 Å². The van der Waals surface area contributed by atoms with Crippen LogP contribution in [0.25, 0.3) is 0 Å². The summed E-state index contributed by atoms with van der Waals surface area (Å²) in [6.45, 7) is 0.911. The fourth-order valence-corrected chi connectivity index (χ4v) is 2.24. The highest BCUT2D eigenvalue weighted by Crippen LogP contribution is 2.38. The van der Waals surface area contributed by atoms with E-state index < -0.39 is 36.6 Å². The van der Waals surface area contributed by atoms with E-state index in [4.69, 9.17) is 9.84 Å². The van der Waals surface area contributed by atoms with Gasteiger partial charge in [-0.1, -0.05) is 12.1 Å². The Hall–Kier alpha value is -2.10. The van der Waals surface area contributed by atoms with E-state index in [9.17, 15) is 31.9 Å². The molecule has 10 heteroatoms. The summed E-state index contributed by atoms with van der Waals surface area (Å²) in [6.07, 6.45) is -7.81. The van der Waals surface area contributed by atoms with Crippen LogP contribution < -0.4 is 10.1 Å². The summed E-state index contributed by atoms with van der Waals surface area (Å²) >= 11 is 0. The molecule has 5 nitrogen and oxygen atoms in total. The fraction of sp³-hybridized carbons (Fsp3) is 0.588. The van der Waals surface area contributed by atoms with Gasteiger partial charge in [0.1, 0.15) is 5.75 Å². The van der Waals surface area contributed by atoms with Crippen LogP contribution >= 0.6 is 0 Å². The summed E-state index contributed by atoms with van der Waals surface area (Å²) in [7, 11) is 0. The first-order valence-electron chi connectivity index (χ1n) is 8.17. The lowest BCUT2D eigenvalue weighted by atomic mass is 9.94. The van der Waals surface area contributed by atoms with Gasteiger partial charge in [0.2, 0.25) is 0 Å². The number of hydrogen-bond donors (Lipinski definition) is 3. The Kier molecular flexibility index (Phi) is 7.82. The SMILES string of the molecule is C[C@](CO)(CCc1ccc(OCCCC(F)(F)C(F)(F)F)cc1)NC(=O)O. The van der Waals surface area contributed by atoms with Gasteiger partial charge in [0.25, 0.3) is 0 Å². The van der Waals surface area contributed by atoms with E-state index >= 15 is 0 Å². The van der Waals surface area contributed by atoms with Crippen molar-refractivity contribution in [3.8, 4) is 5.75 Å². The van der Waals surface area contributed by atoms with Crippen LogP contribution in [0, 0.1) is 0 Å². The molecule has 1 rings (SSSR count). The van der Waals surface area contributed by atoms with Crippen molar-refractivity contribution in [3.05, 3.63) is 29.8 Å². The molecular weight excluding hydrogens is 377 g/mol. The minimum atomic E-state index is -5.56. The molecule has 0 aromatic heterocycles. The Bertz CT molecular complexity index is 606. The van der Waals surface area contributed by atoms with E-state index in [2.05, 4.69) is 5.32 Å². The van der Waals surface area contributed by atoms with Crippen molar-refractivity contribution < 1.29 is 41.7 Å². The molecule has 0 spiro atoms. The second-order valence-corrected chi connectivity index (χ2v) is 6.45. The number of hydrogen-bond acceptors (Lipinski definition) is 3. The molecule has 0 aliphatic rings. The van der Waals surface area contributed by atoms with Crippen molar-refractivity contribution in [1.82, 2.24) is 5.32 Å². The predicted octanol–water partition coefficient (Wildman–Crippen LogP) is 3.99. The maximum atomic E-state index is 12.8. The van der Waals surface area contributed by atoms with E-state index in [0.29, 0.717) is 18.6 Å². The number of aliphatic hydroxyl groups excluding tert-OH is 1. The highest BCUT2D eigenvalue weighted by atomic mass is 19.4. The number of carbonyl (C=O) groups is 1. The second kappa shape index (κ2) is 9.20. The van der Waals surface area contributed by atoms with Gasteiger partial charge in [-0.2, -0.15) is 22.0 Å². The van der Waals surface area contributed by atoms with Crippen molar-refractivity contribution in [2.24, 2.45) is 0 Å². The largest absolute Gasteiger partial charge is 0.494 e. The lowest BCUT2D eigenvalue weighted by Gasteiger charge is -2.27. The standard InChI is InChI=1S/C17H22F5NO4/c1-15(11-24,23-14(25)26)9-7-12-3-5-13(6-4-12)27-10-2-8-16(18,19)17(20,21)22/h3-6,23-24H,2,7-11H2,1H3,(H,25,26)/t15-/m1/s1. The number of ether oxygens (including phenoxy) is 1. The van der Waals surface area contributed by atoms with E-state index in [1.807, 2.05) is 0 Å². The number of aryl methyl sites for hydroxylation is 1. The number of alkyl halides is 5. The zero-order chi connectivity index (χ0) is 20.7. The third-order valence-electron chi connectivity index (χ3n) is 3.97. The molecule has 0 heterocycles. The number of halogens is 5. The molecule has 1 aromatic rings. The van der Waals surface area contributed by atoms with E-state index in [-0.39, 0.29) is 13.2 Å². The first kappa shape index (κ1) is 22.9. The molecule has 0 aliphatic carbocycles. The lowest BCUT2D eigenvalue weighted by Crippen LogP contribution is -2.48. The van der Waals surface area contributed by atoms with Crippen LogP contribution in [0.4, 0.5) is 26.7 Å². The molecule has 0 saturated carbocycles. The molecule has 3 N–H and O–H groups in total. The number of benzene rings is 1. The van der Waals surface area contributed by atoms with Gasteiger partial charge < -0.3 is 20.3 Å². The van der Waals surface area contributed by atoms with Crippen LogP contribution in [-0.2, 0) is 6.42 Å². The van der Waals surface area contributed by atoms with Gasteiger partial charge in [-0.25, -0.2) is 4.79 Å². The number of aliphatic hydroxyl groups is 1. The van der Waals surface area contributed by atoms with Crippen LogP contribution in [0.1, 0.15) is 31.7 Å². The van der Waals surface area contributed by atoms with E-state index in [1.165, 1.54) is 12.1 Å². The summed E-state index contributed by atoms with van der Waals surface area (Å²) in [6, 6.07) is 6.41. The van der Waals surface area contributed by atoms with Gasteiger partial charge in [0.05, 0.1) is 18.8 Å². The maximum absolute atomic E-state index is 12.8. The number of carboxylic acid groups (broad SMARTS) is 1. The van der Waals surface area contributed by atoms with Crippen molar-refractivity contribution >= 4 is 6.09 Å². The lowest BCUT2D eigenvalue weighted by molar-refractivity contribution is -0.284. The smallest absolute Gasteiger partial charge is 0.453 e. The molecule has 1 amide bonds. The van der Waals surface area contributed by atoms with Crippen molar-refractivity contribution in [2.45, 2.75) is 50.2 Å². The minimum Gasteiger partial charge on any atom is -0.494 e. The molecule has 0 radical (unpaired) electrons. The zero-order valence-corrected chi connectivity index (χ0v) is 14.7. The van der Waals surface area contributed by atoms with Gasteiger partial charge in [0, 0.05) is 6.42 Å². The van der Waals surface area contributed by atoms with E-state index in [1.54, 1.807) is 19.1 Å². The van der Waals surface area contributed by atoms with Crippen LogP contribution in [0.2, 0.25) is 0 Å². The summed E-state index contributed by atoms with van der Waals surface area (Å²) < 4.78 is 66.8. The molecule has 27 heavy (non-hydrogen) atoms. The Morgan fingerprint density at radius 2 is 1.70 bits per heavy atom. The van der Waals surface area contributed by atoms with Crippen molar-refractivity contribution in [2.75, 3.05) is 13.2 Å². The Labute approximate surface area is 153 Å². The molecule has 154 valence electrons. The molecule has 1 aromatic carbocycles. The Balaban J connectivity index is 2.45. The fourth-order valence-electron chi connectivity index (χ4n) is 2.24. The third kappa shape index (κ3) is 7.58. The molecule has 0 bridgehead atoms. The Morgan fingerprint density at radius 1 is 1.11 bits per heavy atom. The number of amides is 1. The highest BCUT2D eigenvalue weighted by molar-refractivity contribution is 5.65. The Morgan fingerprint density at radius 3 is 2.19 bits per heavy atom. The molecular formula is C17H22F5NO4. The van der Waals surface area contributed by atoms with Gasteiger partial charge in [-0.15, -0.1) is 0 Å². The maximum Gasteiger partial charge on any atom is 0.453 e. The molecule has 0 fully saturated rings. The highest BCUT2D eigenvalue weighted by Gasteiger charge is 2.56. The monoisotopic (exact) mass is 399 g/mol. The molecule has 1 atom stereocenters.